The molecule has 0 aliphatic carbocycles. The van der Waals surface area contributed by atoms with E-state index < -0.39 is 0 Å². The van der Waals surface area contributed by atoms with Crippen LogP contribution in [0.4, 0.5) is 4.39 Å². The van der Waals surface area contributed by atoms with E-state index in [2.05, 4.69) is 21.7 Å². The zero-order valence-electron chi connectivity index (χ0n) is 17.0. The van der Waals surface area contributed by atoms with Crippen molar-refractivity contribution in [3.63, 3.8) is 0 Å². The lowest BCUT2D eigenvalue weighted by atomic mass is 10.0. The van der Waals surface area contributed by atoms with Gasteiger partial charge in [-0.15, -0.1) is 11.8 Å². The first-order chi connectivity index (χ1) is 15.1. The molecule has 0 unspecified atom stereocenters. The number of rotatable bonds is 6. The molecule has 2 aromatic carbocycles. The summed E-state index contributed by atoms with van der Waals surface area (Å²) in [6.45, 7) is 2.29. The van der Waals surface area contributed by atoms with Crippen molar-refractivity contribution in [3.05, 3.63) is 93.5 Å². The number of nitrogens with zero attached hydrogens (tertiary/aromatic N) is 1. The average molecular weight is 456 g/mol. The number of thioether (sulfide) groups is 1. The Kier molecular flexibility index (Phi) is 7.22. The summed E-state index contributed by atoms with van der Waals surface area (Å²) in [5.74, 6) is 0.179. The number of hydrogen-bond acceptors (Lipinski definition) is 4. The Hall–Kier alpha value is -2.41. The highest BCUT2D eigenvalue weighted by atomic mass is 35.5. The Morgan fingerprint density at radius 3 is 2.68 bits per heavy atom. The van der Waals surface area contributed by atoms with Crippen molar-refractivity contribution in [2.75, 3.05) is 13.1 Å². The number of nitrogens with one attached hydrogen (secondary N) is 2. The quantitative estimate of drug-likeness (QED) is 0.525. The minimum atomic E-state index is -0.294. The second-order valence-electron chi connectivity index (χ2n) is 7.40. The van der Waals surface area contributed by atoms with Crippen LogP contribution in [-0.4, -0.2) is 24.0 Å². The van der Waals surface area contributed by atoms with Gasteiger partial charge in [-0.2, -0.15) is 0 Å². The Morgan fingerprint density at radius 1 is 1.10 bits per heavy atom. The summed E-state index contributed by atoms with van der Waals surface area (Å²) in [6, 6.07) is 13.8. The molecule has 0 atom stereocenters. The second kappa shape index (κ2) is 10.3. The first-order valence-corrected chi connectivity index (χ1v) is 11.6. The number of fused-ring (bicyclic) bond motifs is 1. The molecule has 1 aliphatic rings. The maximum absolute atomic E-state index is 13.0. The predicted octanol–water partition coefficient (Wildman–Crippen LogP) is 4.78. The van der Waals surface area contributed by atoms with Crippen molar-refractivity contribution < 1.29 is 9.18 Å². The molecule has 1 aromatic heterocycles. The maximum Gasteiger partial charge on any atom is 0.253 e. The highest BCUT2D eigenvalue weighted by Crippen LogP contribution is 2.35. The number of carbonyl (C=O) groups excluding carboxylic acids is 1. The summed E-state index contributed by atoms with van der Waals surface area (Å²) in [7, 11) is 0. The Morgan fingerprint density at radius 2 is 1.90 bits per heavy atom. The maximum atomic E-state index is 13.0. The molecule has 0 saturated carbocycles. The summed E-state index contributed by atoms with van der Waals surface area (Å²) in [4.78, 5) is 17.9. The minimum absolute atomic E-state index is 0.208. The van der Waals surface area contributed by atoms with E-state index in [4.69, 9.17) is 11.6 Å². The number of hydrogen-bond donors (Lipinski definition) is 2. The van der Waals surface area contributed by atoms with Crippen LogP contribution in [-0.2, 0) is 25.1 Å². The fraction of sp³-hybridized carbons (Fsp3) is 0.250. The minimum Gasteiger partial charge on any atom is -0.348 e. The van der Waals surface area contributed by atoms with E-state index >= 15 is 0 Å². The van der Waals surface area contributed by atoms with E-state index in [1.807, 2.05) is 12.1 Å². The van der Waals surface area contributed by atoms with Crippen LogP contribution in [0.3, 0.4) is 0 Å². The van der Waals surface area contributed by atoms with E-state index in [0.717, 1.165) is 47.1 Å². The molecule has 2 N–H and O–H groups in total. The standard InChI is InChI=1S/C24H23ClFN3OS/c25-22-8-4-17-9-11-27-12-10-21(17)23(22)31-15-20-7-3-18(14-28-20)24(30)29-13-16-1-5-19(26)6-2-16/h1-8,14,27H,9-13,15H2,(H,29,30). The van der Waals surface area contributed by atoms with Gasteiger partial charge in [0.15, 0.2) is 0 Å². The number of halogens is 2. The van der Waals surface area contributed by atoms with Gasteiger partial charge >= 0.3 is 0 Å². The molecule has 3 aromatic rings. The molecule has 4 rings (SSSR count). The summed E-state index contributed by atoms with van der Waals surface area (Å²) in [5, 5.41) is 7.05. The second-order valence-corrected chi connectivity index (χ2v) is 8.79. The smallest absolute Gasteiger partial charge is 0.253 e. The zero-order valence-corrected chi connectivity index (χ0v) is 18.5. The number of benzene rings is 2. The van der Waals surface area contributed by atoms with Gasteiger partial charge in [-0.1, -0.05) is 29.8 Å². The molecule has 31 heavy (non-hydrogen) atoms. The molecular formula is C24H23ClFN3OS. The lowest BCUT2D eigenvalue weighted by Crippen LogP contribution is -2.22. The van der Waals surface area contributed by atoms with Gasteiger partial charge in [0.2, 0.25) is 0 Å². The largest absolute Gasteiger partial charge is 0.348 e. The van der Waals surface area contributed by atoms with Crippen molar-refractivity contribution in [2.45, 2.75) is 30.0 Å². The van der Waals surface area contributed by atoms with Crippen molar-refractivity contribution in [1.82, 2.24) is 15.6 Å². The van der Waals surface area contributed by atoms with Crippen LogP contribution in [0.2, 0.25) is 5.02 Å². The molecule has 1 aliphatic heterocycles. The van der Waals surface area contributed by atoms with E-state index in [1.165, 1.54) is 23.3 Å². The van der Waals surface area contributed by atoms with Crippen LogP contribution in [0.1, 0.15) is 32.7 Å². The molecule has 7 heteroatoms. The number of carbonyl (C=O) groups is 1. The third-order valence-corrected chi connectivity index (χ3v) is 6.87. The van der Waals surface area contributed by atoms with Crippen LogP contribution in [0.15, 0.2) is 59.6 Å². The monoisotopic (exact) mass is 455 g/mol. The molecule has 0 spiro atoms. The van der Waals surface area contributed by atoms with Gasteiger partial charge < -0.3 is 10.6 Å². The van der Waals surface area contributed by atoms with Crippen LogP contribution >= 0.6 is 23.4 Å². The Labute approximate surface area is 190 Å². The molecule has 0 fully saturated rings. The van der Waals surface area contributed by atoms with Crippen LogP contribution < -0.4 is 10.6 Å². The topological polar surface area (TPSA) is 54.0 Å². The molecule has 1 amide bonds. The zero-order chi connectivity index (χ0) is 21.6. The van der Waals surface area contributed by atoms with Gasteiger partial charge in [0, 0.05) is 23.4 Å². The van der Waals surface area contributed by atoms with E-state index in [-0.39, 0.29) is 11.7 Å². The van der Waals surface area contributed by atoms with E-state index in [0.29, 0.717) is 17.9 Å². The summed E-state index contributed by atoms with van der Waals surface area (Å²) in [6.07, 6.45) is 3.58. The Balaban J connectivity index is 1.37. The lowest BCUT2D eigenvalue weighted by molar-refractivity contribution is 0.0950. The van der Waals surface area contributed by atoms with E-state index in [9.17, 15) is 9.18 Å². The normalized spacial score (nSPS) is 13.4. The number of pyridine rings is 1. The fourth-order valence-electron chi connectivity index (χ4n) is 3.54. The number of amides is 1. The molecule has 2 heterocycles. The van der Waals surface area contributed by atoms with Gasteiger partial charge in [-0.3, -0.25) is 9.78 Å². The van der Waals surface area contributed by atoms with Crippen molar-refractivity contribution >= 4 is 29.3 Å². The third kappa shape index (κ3) is 5.64. The summed E-state index contributed by atoms with van der Waals surface area (Å²) in [5.41, 5.74) is 4.91. The molecule has 160 valence electrons. The first kappa shape index (κ1) is 21.8. The highest BCUT2D eigenvalue weighted by Gasteiger charge is 2.15. The van der Waals surface area contributed by atoms with Gasteiger partial charge in [-0.25, -0.2) is 4.39 Å². The van der Waals surface area contributed by atoms with Gasteiger partial charge in [0.25, 0.3) is 5.91 Å². The molecule has 0 saturated heterocycles. The molecule has 0 radical (unpaired) electrons. The molecule has 4 nitrogen and oxygen atoms in total. The SMILES string of the molecule is O=C(NCc1ccc(F)cc1)c1ccc(CSc2c(Cl)ccc3c2CCNCC3)nc1. The Bertz CT molecular complexity index is 1060. The van der Waals surface area contributed by atoms with Crippen LogP contribution in [0, 0.1) is 5.82 Å². The van der Waals surface area contributed by atoms with Gasteiger partial charge in [0.05, 0.1) is 16.3 Å². The van der Waals surface area contributed by atoms with Crippen LogP contribution in [0.5, 0.6) is 0 Å². The number of aromatic nitrogens is 1. The van der Waals surface area contributed by atoms with Gasteiger partial charge in [0.1, 0.15) is 5.82 Å². The fourth-order valence-corrected chi connectivity index (χ4v) is 4.96. The lowest BCUT2D eigenvalue weighted by Gasteiger charge is -2.13. The molecule has 0 bridgehead atoms. The van der Waals surface area contributed by atoms with E-state index in [1.54, 1.807) is 36.2 Å². The summed E-state index contributed by atoms with van der Waals surface area (Å²) >= 11 is 8.20. The summed E-state index contributed by atoms with van der Waals surface area (Å²) < 4.78 is 13.0. The average Bonchev–Trinajstić information content (AvgIpc) is 3.04. The predicted molar refractivity (Wildman–Crippen MR) is 123 cm³/mol. The van der Waals surface area contributed by atoms with Crippen molar-refractivity contribution in [1.29, 1.82) is 0 Å². The first-order valence-electron chi connectivity index (χ1n) is 10.2. The van der Waals surface area contributed by atoms with Gasteiger partial charge in [-0.05, 0) is 73.0 Å². The molecular weight excluding hydrogens is 433 g/mol. The third-order valence-electron chi connectivity index (χ3n) is 5.25. The van der Waals surface area contributed by atoms with Crippen molar-refractivity contribution in [3.8, 4) is 0 Å². The highest BCUT2D eigenvalue weighted by molar-refractivity contribution is 7.98. The van der Waals surface area contributed by atoms with Crippen molar-refractivity contribution in [2.24, 2.45) is 0 Å². The van der Waals surface area contributed by atoms with Crippen LogP contribution in [0.25, 0.3) is 0 Å².